The van der Waals surface area contributed by atoms with Crippen LogP contribution < -0.4 is 0 Å². The monoisotopic (exact) mass is 128 g/mol. The summed E-state index contributed by atoms with van der Waals surface area (Å²) in [5.41, 5.74) is 0. The molecule has 1 rings (SSSR count). The third-order valence-electron chi connectivity index (χ3n) is 1.69. The molecule has 1 atom stereocenters. The number of hydrogen-bond acceptors (Lipinski definition) is 2. The van der Waals surface area contributed by atoms with E-state index in [0.29, 0.717) is 12.5 Å². The third kappa shape index (κ3) is 2.16. The maximum atomic E-state index is 8.09. The molecule has 0 aromatic rings. The van der Waals surface area contributed by atoms with Gasteiger partial charge in [-0.2, -0.15) is 0 Å². The van der Waals surface area contributed by atoms with E-state index < -0.39 is 0 Å². The van der Waals surface area contributed by atoms with E-state index in [4.69, 9.17) is 5.26 Å². The van der Waals surface area contributed by atoms with Crippen molar-refractivity contribution in [1.29, 1.82) is 0 Å². The van der Waals surface area contributed by atoms with Gasteiger partial charge in [-0.15, -0.1) is 0 Å². The Morgan fingerprint density at radius 3 is 3.00 bits per heavy atom. The van der Waals surface area contributed by atoms with Gasteiger partial charge in [0.2, 0.25) is 0 Å². The molecule has 0 aromatic heterocycles. The average molecular weight is 128 g/mol. The van der Waals surface area contributed by atoms with Crippen molar-refractivity contribution < 1.29 is 10.1 Å². The molecule has 0 saturated heterocycles. The lowest BCUT2D eigenvalue weighted by Gasteiger charge is -2.14. The molecule has 0 aliphatic heterocycles. The highest BCUT2D eigenvalue weighted by Gasteiger charge is 2.08. The first kappa shape index (κ1) is 6.78. The van der Waals surface area contributed by atoms with Crippen LogP contribution in [-0.4, -0.2) is 11.9 Å². The molecule has 0 saturated carbocycles. The second-order valence-corrected chi connectivity index (χ2v) is 2.45. The van der Waals surface area contributed by atoms with Gasteiger partial charge in [-0.1, -0.05) is 12.2 Å². The van der Waals surface area contributed by atoms with Gasteiger partial charge in [0.25, 0.3) is 0 Å². The largest absolute Gasteiger partial charge is 0.252 e. The number of hydrogen-bond donors (Lipinski definition) is 1. The zero-order chi connectivity index (χ0) is 6.53. The standard InChI is InChI=1S/C7H12O2/c8-9-6-7-4-2-1-3-5-7/h1-2,7-8H,3-6H2. The first-order valence-corrected chi connectivity index (χ1v) is 3.35. The molecule has 0 fully saturated rings. The van der Waals surface area contributed by atoms with E-state index in [-0.39, 0.29) is 0 Å². The lowest BCUT2D eigenvalue weighted by molar-refractivity contribution is -0.251. The fourth-order valence-electron chi connectivity index (χ4n) is 1.11. The van der Waals surface area contributed by atoms with E-state index in [2.05, 4.69) is 17.0 Å². The summed E-state index contributed by atoms with van der Waals surface area (Å²) in [5, 5.41) is 8.09. The number of allylic oxidation sites excluding steroid dienone is 2. The van der Waals surface area contributed by atoms with Crippen molar-refractivity contribution in [3.05, 3.63) is 12.2 Å². The van der Waals surface area contributed by atoms with Crippen LogP contribution in [0.25, 0.3) is 0 Å². The second-order valence-electron chi connectivity index (χ2n) is 2.45. The normalized spacial score (nSPS) is 26.6. The maximum absolute atomic E-state index is 8.09. The van der Waals surface area contributed by atoms with Gasteiger partial charge >= 0.3 is 0 Å². The summed E-state index contributed by atoms with van der Waals surface area (Å²) in [4.78, 5) is 4.05. The second kappa shape index (κ2) is 3.64. The smallest absolute Gasteiger partial charge is 0.0850 e. The van der Waals surface area contributed by atoms with E-state index in [0.717, 1.165) is 19.3 Å². The van der Waals surface area contributed by atoms with Crippen LogP contribution in [0.5, 0.6) is 0 Å². The molecule has 1 aliphatic carbocycles. The van der Waals surface area contributed by atoms with Gasteiger partial charge in [0.15, 0.2) is 0 Å². The van der Waals surface area contributed by atoms with Crippen molar-refractivity contribution in [3.8, 4) is 0 Å². The van der Waals surface area contributed by atoms with Crippen molar-refractivity contribution in [2.45, 2.75) is 19.3 Å². The van der Waals surface area contributed by atoms with Crippen LogP contribution in [0.1, 0.15) is 19.3 Å². The molecule has 0 amide bonds. The molecule has 52 valence electrons. The Morgan fingerprint density at radius 1 is 1.56 bits per heavy atom. The predicted octanol–water partition coefficient (Wildman–Crippen LogP) is 1.83. The molecular weight excluding hydrogens is 116 g/mol. The fourth-order valence-corrected chi connectivity index (χ4v) is 1.11. The molecule has 0 radical (unpaired) electrons. The minimum atomic E-state index is 0.490. The van der Waals surface area contributed by atoms with Crippen LogP contribution in [-0.2, 0) is 4.89 Å². The quantitative estimate of drug-likeness (QED) is 0.349. The van der Waals surface area contributed by atoms with Gasteiger partial charge in [0.1, 0.15) is 0 Å². The average Bonchev–Trinajstić information content (AvgIpc) is 1.91. The van der Waals surface area contributed by atoms with Crippen LogP contribution >= 0.6 is 0 Å². The summed E-state index contributed by atoms with van der Waals surface area (Å²) in [6, 6.07) is 0. The topological polar surface area (TPSA) is 29.5 Å². The maximum Gasteiger partial charge on any atom is 0.0850 e. The Bertz CT molecular complexity index is 99.1. The van der Waals surface area contributed by atoms with E-state index in [1.54, 1.807) is 0 Å². The molecule has 0 heterocycles. The van der Waals surface area contributed by atoms with E-state index >= 15 is 0 Å². The van der Waals surface area contributed by atoms with Gasteiger partial charge in [0.05, 0.1) is 6.61 Å². The van der Waals surface area contributed by atoms with Crippen molar-refractivity contribution in [3.63, 3.8) is 0 Å². The van der Waals surface area contributed by atoms with Crippen LogP contribution in [0.4, 0.5) is 0 Å². The summed E-state index contributed by atoms with van der Waals surface area (Å²) in [6.45, 7) is 0.490. The lowest BCUT2D eigenvalue weighted by Crippen LogP contribution is -2.09. The Hall–Kier alpha value is -0.340. The zero-order valence-corrected chi connectivity index (χ0v) is 5.42. The molecule has 2 nitrogen and oxygen atoms in total. The molecule has 0 bridgehead atoms. The van der Waals surface area contributed by atoms with Crippen molar-refractivity contribution >= 4 is 0 Å². The number of rotatable bonds is 2. The fraction of sp³-hybridized carbons (Fsp3) is 0.714. The minimum Gasteiger partial charge on any atom is -0.252 e. The molecule has 0 spiro atoms. The molecule has 0 aromatic carbocycles. The van der Waals surface area contributed by atoms with Crippen LogP contribution in [0, 0.1) is 5.92 Å². The van der Waals surface area contributed by atoms with E-state index in [1.165, 1.54) is 0 Å². The summed E-state index contributed by atoms with van der Waals surface area (Å²) in [7, 11) is 0. The molecule has 1 unspecified atom stereocenters. The van der Waals surface area contributed by atoms with Gasteiger partial charge in [-0.05, 0) is 25.2 Å². The predicted molar refractivity (Wildman–Crippen MR) is 35.1 cm³/mol. The van der Waals surface area contributed by atoms with Gasteiger partial charge in [-0.3, -0.25) is 5.26 Å². The van der Waals surface area contributed by atoms with Crippen molar-refractivity contribution in [1.82, 2.24) is 0 Å². The highest BCUT2D eigenvalue weighted by Crippen LogP contribution is 2.17. The van der Waals surface area contributed by atoms with E-state index in [9.17, 15) is 0 Å². The minimum absolute atomic E-state index is 0.490. The SMILES string of the molecule is OOCC1CC=CCC1. The zero-order valence-electron chi connectivity index (χ0n) is 5.42. The Labute approximate surface area is 55.1 Å². The summed E-state index contributed by atoms with van der Waals surface area (Å²) < 4.78 is 0. The molecule has 2 heteroatoms. The third-order valence-corrected chi connectivity index (χ3v) is 1.69. The Kier molecular flexibility index (Phi) is 2.74. The van der Waals surface area contributed by atoms with E-state index in [1.807, 2.05) is 0 Å². The van der Waals surface area contributed by atoms with Crippen LogP contribution in [0.15, 0.2) is 12.2 Å². The molecule has 9 heavy (non-hydrogen) atoms. The van der Waals surface area contributed by atoms with Crippen molar-refractivity contribution in [2.75, 3.05) is 6.61 Å². The molecule has 1 aliphatic rings. The highest BCUT2D eigenvalue weighted by molar-refractivity contribution is 4.89. The lowest BCUT2D eigenvalue weighted by atomic mass is 9.96. The van der Waals surface area contributed by atoms with Gasteiger partial charge < -0.3 is 0 Å². The summed E-state index contributed by atoms with van der Waals surface area (Å²) >= 11 is 0. The molecular formula is C7H12O2. The van der Waals surface area contributed by atoms with Gasteiger partial charge in [0, 0.05) is 0 Å². The van der Waals surface area contributed by atoms with Gasteiger partial charge in [-0.25, -0.2) is 4.89 Å². The summed E-state index contributed by atoms with van der Waals surface area (Å²) in [6.07, 6.45) is 7.66. The Balaban J connectivity index is 2.18. The Morgan fingerprint density at radius 2 is 2.44 bits per heavy atom. The van der Waals surface area contributed by atoms with Crippen LogP contribution in [0.3, 0.4) is 0 Å². The van der Waals surface area contributed by atoms with Crippen LogP contribution in [0.2, 0.25) is 0 Å². The summed E-state index contributed by atoms with van der Waals surface area (Å²) in [5.74, 6) is 0.542. The molecule has 1 N–H and O–H groups in total. The first-order chi connectivity index (χ1) is 4.43. The highest BCUT2D eigenvalue weighted by atomic mass is 17.1. The first-order valence-electron chi connectivity index (χ1n) is 3.35. The van der Waals surface area contributed by atoms with Crippen molar-refractivity contribution in [2.24, 2.45) is 5.92 Å².